The van der Waals surface area contributed by atoms with Gasteiger partial charge in [-0.15, -0.1) is 11.3 Å². The molecule has 1 amide bonds. The number of carbonyl (C=O) groups excluding carboxylic acids is 1. The standard InChI is InChI=1S/C18H17Cl2N3O2S2/c1-8-9(2)26-16-13(8)17(25)23(4)18(22-16)27-10(3)15(24)21-12-7-5-6-11(19)14(12)20/h5-7,10H,1-4H3,(H,21,24). The number of amides is 1. The van der Waals surface area contributed by atoms with Crippen molar-refractivity contribution >= 4 is 68.1 Å². The molecule has 0 saturated carbocycles. The highest BCUT2D eigenvalue weighted by Crippen LogP contribution is 2.32. The van der Waals surface area contributed by atoms with Crippen LogP contribution in [0, 0.1) is 13.8 Å². The maximum absolute atomic E-state index is 12.7. The molecular formula is C18H17Cl2N3O2S2. The van der Waals surface area contributed by atoms with E-state index in [9.17, 15) is 9.59 Å². The molecule has 27 heavy (non-hydrogen) atoms. The molecular weight excluding hydrogens is 425 g/mol. The molecule has 0 aliphatic rings. The van der Waals surface area contributed by atoms with E-state index in [1.807, 2.05) is 13.8 Å². The molecule has 0 aliphatic heterocycles. The van der Waals surface area contributed by atoms with Crippen molar-refractivity contribution in [1.29, 1.82) is 0 Å². The Balaban J connectivity index is 1.86. The smallest absolute Gasteiger partial charge is 0.262 e. The lowest BCUT2D eigenvalue weighted by Gasteiger charge is -2.14. The molecule has 1 N–H and O–H groups in total. The summed E-state index contributed by atoms with van der Waals surface area (Å²) in [5.74, 6) is -0.253. The predicted molar refractivity (Wildman–Crippen MR) is 115 cm³/mol. The summed E-state index contributed by atoms with van der Waals surface area (Å²) in [6.07, 6.45) is 0. The number of aryl methyl sites for hydroxylation is 2. The second kappa shape index (κ2) is 7.83. The van der Waals surface area contributed by atoms with Crippen molar-refractivity contribution in [2.45, 2.75) is 31.2 Å². The van der Waals surface area contributed by atoms with Crippen LogP contribution in [0.5, 0.6) is 0 Å². The van der Waals surface area contributed by atoms with Gasteiger partial charge in [-0.2, -0.15) is 0 Å². The minimum Gasteiger partial charge on any atom is -0.324 e. The Kier molecular flexibility index (Phi) is 5.86. The normalized spacial score (nSPS) is 12.4. The molecule has 0 saturated heterocycles. The molecule has 0 aliphatic carbocycles. The van der Waals surface area contributed by atoms with E-state index in [0.29, 0.717) is 31.1 Å². The van der Waals surface area contributed by atoms with Gasteiger partial charge in [-0.05, 0) is 38.5 Å². The lowest BCUT2D eigenvalue weighted by molar-refractivity contribution is -0.115. The van der Waals surface area contributed by atoms with Gasteiger partial charge >= 0.3 is 0 Å². The van der Waals surface area contributed by atoms with E-state index in [2.05, 4.69) is 10.3 Å². The number of benzene rings is 1. The second-order valence-corrected chi connectivity index (χ2v) is 9.37. The minimum atomic E-state index is -0.488. The molecule has 1 unspecified atom stereocenters. The maximum atomic E-state index is 12.7. The van der Waals surface area contributed by atoms with Crippen LogP contribution in [0.3, 0.4) is 0 Å². The van der Waals surface area contributed by atoms with Crippen molar-refractivity contribution in [1.82, 2.24) is 9.55 Å². The number of hydrogen-bond donors (Lipinski definition) is 1. The fourth-order valence-corrected chi connectivity index (χ4v) is 4.80. The van der Waals surface area contributed by atoms with E-state index in [4.69, 9.17) is 23.2 Å². The van der Waals surface area contributed by atoms with Crippen LogP contribution in [0.25, 0.3) is 10.2 Å². The Morgan fingerprint density at radius 2 is 2.04 bits per heavy atom. The van der Waals surface area contributed by atoms with Crippen LogP contribution in [0.15, 0.2) is 28.2 Å². The number of thioether (sulfide) groups is 1. The van der Waals surface area contributed by atoms with Crippen molar-refractivity contribution in [3.05, 3.63) is 49.0 Å². The van der Waals surface area contributed by atoms with Crippen molar-refractivity contribution in [2.75, 3.05) is 5.32 Å². The highest BCUT2D eigenvalue weighted by atomic mass is 35.5. The number of carbonyl (C=O) groups is 1. The third-order valence-corrected chi connectivity index (χ3v) is 7.29. The van der Waals surface area contributed by atoms with E-state index >= 15 is 0 Å². The third kappa shape index (κ3) is 3.87. The zero-order valence-corrected chi connectivity index (χ0v) is 18.2. The maximum Gasteiger partial charge on any atom is 0.262 e. The molecule has 142 valence electrons. The summed E-state index contributed by atoms with van der Waals surface area (Å²) < 4.78 is 1.49. The van der Waals surface area contributed by atoms with Gasteiger partial charge in [0.1, 0.15) is 4.83 Å². The summed E-state index contributed by atoms with van der Waals surface area (Å²) in [5, 5.41) is 4.08. The highest BCUT2D eigenvalue weighted by molar-refractivity contribution is 8.00. The van der Waals surface area contributed by atoms with Crippen LogP contribution < -0.4 is 10.9 Å². The van der Waals surface area contributed by atoms with Crippen molar-refractivity contribution in [3.63, 3.8) is 0 Å². The van der Waals surface area contributed by atoms with Crippen LogP contribution in [0.2, 0.25) is 10.0 Å². The fraction of sp³-hybridized carbons (Fsp3) is 0.278. The molecule has 0 bridgehead atoms. The number of thiophene rings is 1. The van der Waals surface area contributed by atoms with Gasteiger partial charge in [0.2, 0.25) is 5.91 Å². The molecule has 1 aromatic carbocycles. The Morgan fingerprint density at radius 1 is 1.33 bits per heavy atom. The van der Waals surface area contributed by atoms with Crippen LogP contribution in [0.1, 0.15) is 17.4 Å². The van der Waals surface area contributed by atoms with Crippen molar-refractivity contribution < 1.29 is 4.79 Å². The first kappa shape index (κ1) is 20.2. The fourth-order valence-electron chi connectivity index (χ4n) is 2.51. The number of hydrogen-bond acceptors (Lipinski definition) is 5. The zero-order valence-electron chi connectivity index (χ0n) is 15.1. The van der Waals surface area contributed by atoms with E-state index in [0.717, 1.165) is 10.4 Å². The highest BCUT2D eigenvalue weighted by Gasteiger charge is 2.21. The predicted octanol–water partition coefficient (Wildman–Crippen LogP) is 5.04. The number of nitrogens with one attached hydrogen (secondary N) is 1. The van der Waals surface area contributed by atoms with E-state index in [1.54, 1.807) is 32.2 Å². The Labute approximate surface area is 174 Å². The number of anilines is 1. The molecule has 9 heteroatoms. The molecule has 0 fully saturated rings. The number of rotatable bonds is 4. The summed E-state index contributed by atoms with van der Waals surface area (Å²) in [4.78, 5) is 31.6. The zero-order chi connectivity index (χ0) is 19.9. The molecule has 2 aromatic heterocycles. The first-order chi connectivity index (χ1) is 12.7. The Hall–Kier alpha value is -1.54. The SMILES string of the molecule is Cc1sc2nc(SC(C)C(=O)Nc3cccc(Cl)c3Cl)n(C)c(=O)c2c1C. The van der Waals surface area contributed by atoms with Gasteiger partial charge < -0.3 is 5.32 Å². The lowest BCUT2D eigenvalue weighted by atomic mass is 10.2. The van der Waals surface area contributed by atoms with Gasteiger partial charge in [-0.25, -0.2) is 4.98 Å². The minimum absolute atomic E-state index is 0.102. The number of halogens is 2. The average molecular weight is 442 g/mol. The first-order valence-electron chi connectivity index (χ1n) is 8.09. The first-order valence-corrected chi connectivity index (χ1v) is 10.5. The molecule has 0 radical (unpaired) electrons. The second-order valence-electron chi connectivity index (χ2n) is 6.07. The van der Waals surface area contributed by atoms with Crippen LogP contribution in [-0.4, -0.2) is 20.7 Å². The average Bonchev–Trinajstić information content (AvgIpc) is 2.90. The van der Waals surface area contributed by atoms with Crippen LogP contribution >= 0.6 is 46.3 Å². The van der Waals surface area contributed by atoms with Gasteiger partial charge in [0, 0.05) is 11.9 Å². The molecule has 0 spiro atoms. The number of aromatic nitrogens is 2. The number of nitrogens with zero attached hydrogens (tertiary/aromatic N) is 2. The van der Waals surface area contributed by atoms with Crippen LogP contribution in [0.4, 0.5) is 5.69 Å². The summed E-state index contributed by atoms with van der Waals surface area (Å²) in [6.45, 7) is 5.65. The molecule has 1 atom stereocenters. The third-order valence-electron chi connectivity index (χ3n) is 4.23. The summed E-state index contributed by atoms with van der Waals surface area (Å²) in [6, 6.07) is 5.04. The van der Waals surface area contributed by atoms with Crippen LogP contribution in [-0.2, 0) is 11.8 Å². The lowest BCUT2D eigenvalue weighted by Crippen LogP contribution is -2.25. The van der Waals surface area contributed by atoms with Crippen molar-refractivity contribution in [2.24, 2.45) is 7.05 Å². The molecule has 3 rings (SSSR count). The van der Waals surface area contributed by atoms with Gasteiger partial charge in [0.05, 0.1) is 26.4 Å². The van der Waals surface area contributed by atoms with Crippen molar-refractivity contribution in [3.8, 4) is 0 Å². The topological polar surface area (TPSA) is 64.0 Å². The van der Waals surface area contributed by atoms with E-state index in [1.165, 1.54) is 27.7 Å². The summed E-state index contributed by atoms with van der Waals surface area (Å²) in [7, 11) is 1.67. The monoisotopic (exact) mass is 441 g/mol. The largest absolute Gasteiger partial charge is 0.324 e. The van der Waals surface area contributed by atoms with Gasteiger partial charge in [0.25, 0.3) is 5.56 Å². The Bertz CT molecular complexity index is 1110. The molecule has 2 heterocycles. The molecule has 3 aromatic rings. The van der Waals surface area contributed by atoms with Gasteiger partial charge in [-0.3, -0.25) is 14.2 Å². The van der Waals surface area contributed by atoms with E-state index < -0.39 is 5.25 Å². The molecule has 5 nitrogen and oxygen atoms in total. The Morgan fingerprint density at radius 3 is 2.74 bits per heavy atom. The van der Waals surface area contributed by atoms with Gasteiger partial charge in [0.15, 0.2) is 5.16 Å². The number of fused-ring (bicyclic) bond motifs is 1. The quantitative estimate of drug-likeness (QED) is 0.454. The van der Waals surface area contributed by atoms with Gasteiger partial charge in [-0.1, -0.05) is 41.0 Å². The summed E-state index contributed by atoms with van der Waals surface area (Å²) in [5.41, 5.74) is 1.30. The summed E-state index contributed by atoms with van der Waals surface area (Å²) >= 11 is 14.8. The van der Waals surface area contributed by atoms with E-state index in [-0.39, 0.29) is 11.5 Å².